The molecule has 0 heterocycles. The highest BCUT2D eigenvalue weighted by Gasteiger charge is 2.17. The molecular formula is C20H23FN2O2. The average molecular weight is 342 g/mol. The zero-order chi connectivity index (χ0) is 18.1. The molecule has 25 heavy (non-hydrogen) atoms. The van der Waals surface area contributed by atoms with E-state index in [1.165, 1.54) is 12.1 Å². The summed E-state index contributed by atoms with van der Waals surface area (Å²) in [4.78, 5) is 25.9. The standard InChI is InChI=1S/C20H23FN2O2/c1-2-7-19(24)22-14-6-15-23(18-12-10-17(21)11-13-18)20(25)16-8-4-3-5-9-16/h3-5,8-13H,2,6-7,14-15H2,1H3,(H,22,24). The van der Waals surface area contributed by atoms with Crippen LogP contribution in [-0.2, 0) is 4.79 Å². The van der Waals surface area contributed by atoms with Crippen molar-refractivity contribution in [3.63, 3.8) is 0 Å². The van der Waals surface area contributed by atoms with Crippen molar-refractivity contribution in [2.24, 2.45) is 0 Å². The number of hydrogen-bond acceptors (Lipinski definition) is 2. The monoisotopic (exact) mass is 342 g/mol. The molecule has 0 aliphatic rings. The van der Waals surface area contributed by atoms with Crippen LogP contribution in [0.2, 0.25) is 0 Å². The van der Waals surface area contributed by atoms with Crippen molar-refractivity contribution in [2.75, 3.05) is 18.0 Å². The Bertz CT molecular complexity index is 687. The van der Waals surface area contributed by atoms with Crippen molar-refractivity contribution >= 4 is 17.5 Å². The number of hydrogen-bond donors (Lipinski definition) is 1. The summed E-state index contributed by atoms with van der Waals surface area (Å²) in [5, 5.41) is 2.84. The van der Waals surface area contributed by atoms with Gasteiger partial charge in [0.1, 0.15) is 5.82 Å². The first-order chi connectivity index (χ1) is 12.1. The zero-order valence-corrected chi connectivity index (χ0v) is 14.4. The molecule has 0 aromatic heterocycles. The van der Waals surface area contributed by atoms with E-state index in [-0.39, 0.29) is 17.6 Å². The summed E-state index contributed by atoms with van der Waals surface area (Å²) in [5.74, 6) is -0.472. The lowest BCUT2D eigenvalue weighted by molar-refractivity contribution is -0.121. The zero-order valence-electron chi connectivity index (χ0n) is 14.4. The van der Waals surface area contributed by atoms with Gasteiger partial charge in [-0.3, -0.25) is 9.59 Å². The maximum atomic E-state index is 13.2. The summed E-state index contributed by atoms with van der Waals surface area (Å²) in [6.07, 6.45) is 1.93. The minimum Gasteiger partial charge on any atom is -0.356 e. The van der Waals surface area contributed by atoms with Crippen LogP contribution < -0.4 is 10.2 Å². The van der Waals surface area contributed by atoms with Crippen molar-refractivity contribution in [3.05, 3.63) is 66.0 Å². The van der Waals surface area contributed by atoms with Crippen LogP contribution in [0.15, 0.2) is 54.6 Å². The molecule has 2 aromatic rings. The minimum absolute atomic E-state index is 0.0187. The normalized spacial score (nSPS) is 10.3. The van der Waals surface area contributed by atoms with Gasteiger partial charge < -0.3 is 10.2 Å². The number of amides is 2. The van der Waals surface area contributed by atoms with Crippen LogP contribution in [0.4, 0.5) is 10.1 Å². The number of carbonyl (C=O) groups is 2. The van der Waals surface area contributed by atoms with Crippen molar-refractivity contribution < 1.29 is 14.0 Å². The van der Waals surface area contributed by atoms with Crippen LogP contribution in [0.3, 0.4) is 0 Å². The Morgan fingerprint density at radius 2 is 1.72 bits per heavy atom. The summed E-state index contributed by atoms with van der Waals surface area (Å²) in [6, 6.07) is 14.8. The van der Waals surface area contributed by atoms with Gasteiger partial charge in [0, 0.05) is 30.8 Å². The van der Waals surface area contributed by atoms with Gasteiger partial charge in [-0.15, -0.1) is 0 Å². The fourth-order valence-electron chi connectivity index (χ4n) is 2.49. The van der Waals surface area contributed by atoms with Gasteiger partial charge in [-0.1, -0.05) is 25.1 Å². The number of rotatable bonds is 8. The molecule has 2 aromatic carbocycles. The third kappa shape index (κ3) is 5.71. The summed E-state index contributed by atoms with van der Waals surface area (Å²) < 4.78 is 13.2. The van der Waals surface area contributed by atoms with E-state index in [2.05, 4.69) is 5.32 Å². The van der Waals surface area contributed by atoms with E-state index < -0.39 is 0 Å². The first-order valence-electron chi connectivity index (χ1n) is 8.51. The Morgan fingerprint density at radius 3 is 2.36 bits per heavy atom. The minimum atomic E-state index is -0.345. The van der Waals surface area contributed by atoms with Crippen molar-refractivity contribution in [2.45, 2.75) is 26.2 Å². The Balaban J connectivity index is 2.06. The molecule has 0 bridgehead atoms. The Labute approximate surface area is 147 Å². The number of halogens is 1. The molecule has 0 saturated heterocycles. The molecule has 0 saturated carbocycles. The van der Waals surface area contributed by atoms with Gasteiger partial charge in [0.25, 0.3) is 5.91 Å². The van der Waals surface area contributed by atoms with Crippen molar-refractivity contribution in [3.8, 4) is 0 Å². The van der Waals surface area contributed by atoms with Crippen LogP contribution in [-0.4, -0.2) is 24.9 Å². The molecule has 0 spiro atoms. The molecule has 0 fully saturated rings. The molecule has 132 valence electrons. The fourth-order valence-corrected chi connectivity index (χ4v) is 2.49. The number of anilines is 1. The molecule has 2 amide bonds. The number of nitrogens with one attached hydrogen (secondary N) is 1. The molecule has 1 N–H and O–H groups in total. The van der Waals surface area contributed by atoms with Crippen molar-refractivity contribution in [1.29, 1.82) is 0 Å². The molecule has 0 unspecified atom stereocenters. The lowest BCUT2D eigenvalue weighted by Gasteiger charge is -2.23. The van der Waals surface area contributed by atoms with Crippen LogP contribution in [0.25, 0.3) is 0 Å². The van der Waals surface area contributed by atoms with E-state index in [0.717, 1.165) is 6.42 Å². The maximum Gasteiger partial charge on any atom is 0.258 e. The topological polar surface area (TPSA) is 49.4 Å². The van der Waals surface area contributed by atoms with Gasteiger partial charge in [0.15, 0.2) is 0 Å². The Kier molecular flexibility index (Phi) is 7.14. The third-order valence-corrected chi connectivity index (χ3v) is 3.76. The van der Waals surface area contributed by atoms with Gasteiger partial charge in [-0.05, 0) is 49.2 Å². The molecule has 0 aliphatic carbocycles. The van der Waals surface area contributed by atoms with Crippen LogP contribution in [0, 0.1) is 5.82 Å². The van der Waals surface area contributed by atoms with Gasteiger partial charge in [-0.25, -0.2) is 4.39 Å². The molecule has 0 radical (unpaired) electrons. The predicted molar refractivity (Wildman–Crippen MR) is 97.1 cm³/mol. The summed E-state index contributed by atoms with van der Waals surface area (Å²) in [5.41, 5.74) is 1.21. The van der Waals surface area contributed by atoms with Gasteiger partial charge in [-0.2, -0.15) is 0 Å². The summed E-state index contributed by atoms with van der Waals surface area (Å²) in [7, 11) is 0. The highest BCUT2D eigenvalue weighted by atomic mass is 19.1. The van der Waals surface area contributed by atoms with Crippen LogP contribution >= 0.6 is 0 Å². The average Bonchev–Trinajstić information content (AvgIpc) is 2.63. The van der Waals surface area contributed by atoms with Gasteiger partial charge >= 0.3 is 0 Å². The van der Waals surface area contributed by atoms with Gasteiger partial charge in [0.2, 0.25) is 5.91 Å². The second kappa shape index (κ2) is 9.57. The van der Waals surface area contributed by atoms with Crippen LogP contribution in [0.1, 0.15) is 36.5 Å². The molecule has 0 aliphatic heterocycles. The molecule has 4 nitrogen and oxygen atoms in total. The molecule has 5 heteroatoms. The number of nitrogens with zero attached hydrogens (tertiary/aromatic N) is 1. The van der Waals surface area contributed by atoms with Crippen molar-refractivity contribution in [1.82, 2.24) is 5.32 Å². The first-order valence-corrected chi connectivity index (χ1v) is 8.51. The summed E-state index contributed by atoms with van der Waals surface area (Å²) in [6.45, 7) is 2.89. The van der Waals surface area contributed by atoms with Gasteiger partial charge in [0.05, 0.1) is 0 Å². The quantitative estimate of drug-likeness (QED) is 0.742. The lowest BCUT2D eigenvalue weighted by Crippen LogP contribution is -2.34. The number of benzene rings is 2. The lowest BCUT2D eigenvalue weighted by atomic mass is 10.1. The fraction of sp³-hybridized carbons (Fsp3) is 0.300. The largest absolute Gasteiger partial charge is 0.356 e. The third-order valence-electron chi connectivity index (χ3n) is 3.76. The van der Waals surface area contributed by atoms with E-state index >= 15 is 0 Å². The van der Waals surface area contributed by atoms with E-state index in [1.807, 2.05) is 13.0 Å². The molecular weight excluding hydrogens is 319 g/mol. The SMILES string of the molecule is CCCC(=O)NCCCN(C(=O)c1ccccc1)c1ccc(F)cc1. The smallest absolute Gasteiger partial charge is 0.258 e. The predicted octanol–water partition coefficient (Wildman–Crippen LogP) is 3.78. The highest BCUT2D eigenvalue weighted by Crippen LogP contribution is 2.18. The van der Waals surface area contributed by atoms with Crippen LogP contribution in [0.5, 0.6) is 0 Å². The summed E-state index contributed by atoms with van der Waals surface area (Å²) >= 11 is 0. The number of carbonyl (C=O) groups excluding carboxylic acids is 2. The molecule has 2 rings (SSSR count). The van der Waals surface area contributed by atoms with E-state index in [1.54, 1.807) is 41.3 Å². The Morgan fingerprint density at radius 1 is 1.04 bits per heavy atom. The maximum absolute atomic E-state index is 13.2. The van der Waals surface area contributed by atoms with E-state index in [0.29, 0.717) is 37.2 Å². The second-order valence-electron chi connectivity index (χ2n) is 5.75. The van der Waals surface area contributed by atoms with E-state index in [4.69, 9.17) is 0 Å². The molecule has 0 atom stereocenters. The first kappa shape index (κ1) is 18.6. The Hall–Kier alpha value is -2.69. The highest BCUT2D eigenvalue weighted by molar-refractivity contribution is 6.06. The van der Waals surface area contributed by atoms with E-state index in [9.17, 15) is 14.0 Å². The second-order valence-corrected chi connectivity index (χ2v) is 5.75.